The minimum atomic E-state index is 0.408. The van der Waals surface area contributed by atoms with E-state index in [1.807, 2.05) is 11.8 Å². The Bertz CT molecular complexity index is 423. The molecule has 0 amide bonds. The highest BCUT2D eigenvalue weighted by atomic mass is 32.2. The zero-order valence-corrected chi connectivity index (χ0v) is 12.2. The third kappa shape index (κ3) is 2.92. The van der Waals surface area contributed by atoms with Crippen LogP contribution in [-0.2, 0) is 0 Å². The molecule has 3 rings (SSSR count). The SMILES string of the molecule is CC(C)(CNC1CC1)CC1CSc2ccccc21. The second-order valence-corrected chi connectivity index (χ2v) is 7.63. The first-order valence-electron chi connectivity index (χ1n) is 7.09. The van der Waals surface area contributed by atoms with Crippen LogP contribution < -0.4 is 5.32 Å². The molecule has 2 heteroatoms. The largest absolute Gasteiger partial charge is 0.313 e. The third-order valence-corrected chi connectivity index (χ3v) is 5.30. The van der Waals surface area contributed by atoms with E-state index in [2.05, 4.69) is 43.4 Å². The van der Waals surface area contributed by atoms with Crippen LogP contribution >= 0.6 is 11.8 Å². The van der Waals surface area contributed by atoms with Crippen molar-refractivity contribution in [2.45, 2.75) is 50.0 Å². The summed E-state index contributed by atoms with van der Waals surface area (Å²) in [6, 6.07) is 9.77. The normalized spacial score (nSPS) is 23.1. The van der Waals surface area contributed by atoms with Gasteiger partial charge in [-0.3, -0.25) is 0 Å². The molecule has 1 heterocycles. The van der Waals surface area contributed by atoms with E-state index in [1.165, 1.54) is 36.5 Å². The Morgan fingerprint density at radius 3 is 2.83 bits per heavy atom. The highest BCUT2D eigenvalue weighted by Gasteiger charge is 2.31. The molecule has 18 heavy (non-hydrogen) atoms. The van der Waals surface area contributed by atoms with Gasteiger partial charge in [0.15, 0.2) is 0 Å². The number of hydrogen-bond acceptors (Lipinski definition) is 2. The second kappa shape index (κ2) is 4.90. The van der Waals surface area contributed by atoms with Crippen molar-refractivity contribution in [3.63, 3.8) is 0 Å². The molecule has 1 N–H and O–H groups in total. The molecule has 1 aliphatic heterocycles. The molecular weight excluding hydrogens is 238 g/mol. The van der Waals surface area contributed by atoms with Gasteiger partial charge < -0.3 is 5.32 Å². The lowest BCUT2D eigenvalue weighted by Gasteiger charge is -2.28. The van der Waals surface area contributed by atoms with Gasteiger partial charge in [0.2, 0.25) is 0 Å². The number of fused-ring (bicyclic) bond motifs is 1. The quantitative estimate of drug-likeness (QED) is 0.858. The van der Waals surface area contributed by atoms with Crippen LogP contribution in [-0.4, -0.2) is 18.3 Å². The first-order chi connectivity index (χ1) is 8.64. The fourth-order valence-electron chi connectivity index (χ4n) is 2.85. The Hall–Kier alpha value is -0.470. The van der Waals surface area contributed by atoms with Crippen LogP contribution in [0.25, 0.3) is 0 Å². The van der Waals surface area contributed by atoms with Gasteiger partial charge in [0.05, 0.1) is 0 Å². The van der Waals surface area contributed by atoms with Crippen molar-refractivity contribution in [2.24, 2.45) is 5.41 Å². The summed E-state index contributed by atoms with van der Waals surface area (Å²) in [6.07, 6.45) is 4.08. The Balaban J connectivity index is 1.62. The molecule has 1 aromatic carbocycles. The summed E-state index contributed by atoms with van der Waals surface area (Å²) in [5.74, 6) is 2.02. The van der Waals surface area contributed by atoms with Gasteiger partial charge >= 0.3 is 0 Å². The Kier molecular flexibility index (Phi) is 3.42. The second-order valence-electron chi connectivity index (χ2n) is 6.57. The minimum Gasteiger partial charge on any atom is -0.313 e. The van der Waals surface area contributed by atoms with E-state index in [4.69, 9.17) is 0 Å². The van der Waals surface area contributed by atoms with E-state index in [0.29, 0.717) is 5.41 Å². The van der Waals surface area contributed by atoms with E-state index in [1.54, 1.807) is 5.56 Å². The molecule has 2 aliphatic rings. The molecule has 1 aromatic rings. The van der Waals surface area contributed by atoms with Crippen LogP contribution in [0.5, 0.6) is 0 Å². The summed E-state index contributed by atoms with van der Waals surface area (Å²) in [5.41, 5.74) is 1.99. The average molecular weight is 261 g/mol. The van der Waals surface area contributed by atoms with Crippen molar-refractivity contribution in [3.8, 4) is 0 Å². The van der Waals surface area contributed by atoms with E-state index in [9.17, 15) is 0 Å². The fourth-order valence-corrected chi connectivity index (χ4v) is 4.10. The minimum absolute atomic E-state index is 0.408. The van der Waals surface area contributed by atoms with Gasteiger partial charge in [-0.05, 0) is 42.2 Å². The number of thioether (sulfide) groups is 1. The molecule has 1 aliphatic carbocycles. The van der Waals surface area contributed by atoms with E-state index >= 15 is 0 Å². The van der Waals surface area contributed by atoms with Gasteiger partial charge in [0.1, 0.15) is 0 Å². The standard InChI is InChI=1S/C16H23NS/c1-16(2,11-17-13-7-8-13)9-12-10-18-15-6-4-3-5-14(12)15/h3-6,12-13,17H,7-11H2,1-2H3. The monoisotopic (exact) mass is 261 g/mol. The molecule has 1 fully saturated rings. The van der Waals surface area contributed by atoms with Crippen molar-refractivity contribution < 1.29 is 0 Å². The molecule has 0 radical (unpaired) electrons. The van der Waals surface area contributed by atoms with Crippen molar-refractivity contribution in [2.75, 3.05) is 12.3 Å². The van der Waals surface area contributed by atoms with Gasteiger partial charge in [-0.2, -0.15) is 0 Å². The molecule has 0 saturated heterocycles. The number of nitrogens with one attached hydrogen (secondary N) is 1. The summed E-state index contributed by atoms with van der Waals surface area (Å²) < 4.78 is 0. The molecule has 1 saturated carbocycles. The van der Waals surface area contributed by atoms with Crippen LogP contribution in [0.1, 0.15) is 44.6 Å². The van der Waals surface area contributed by atoms with Crippen molar-refractivity contribution >= 4 is 11.8 Å². The van der Waals surface area contributed by atoms with Gasteiger partial charge in [-0.25, -0.2) is 0 Å². The molecule has 0 aromatic heterocycles. The van der Waals surface area contributed by atoms with Crippen molar-refractivity contribution in [1.29, 1.82) is 0 Å². The number of benzene rings is 1. The van der Waals surface area contributed by atoms with Crippen molar-refractivity contribution in [3.05, 3.63) is 29.8 Å². The zero-order valence-electron chi connectivity index (χ0n) is 11.4. The first kappa shape index (κ1) is 12.6. The topological polar surface area (TPSA) is 12.0 Å². The Labute approximate surface area is 115 Å². The Morgan fingerprint density at radius 1 is 1.28 bits per heavy atom. The van der Waals surface area contributed by atoms with Gasteiger partial charge in [0.25, 0.3) is 0 Å². The highest BCUT2D eigenvalue weighted by Crippen LogP contribution is 2.44. The van der Waals surface area contributed by atoms with Gasteiger partial charge in [-0.15, -0.1) is 11.8 Å². The molecule has 1 nitrogen and oxygen atoms in total. The summed E-state index contributed by atoms with van der Waals surface area (Å²) >= 11 is 2.03. The number of hydrogen-bond donors (Lipinski definition) is 1. The molecule has 98 valence electrons. The molecule has 0 spiro atoms. The summed E-state index contributed by atoms with van der Waals surface area (Å²) in [4.78, 5) is 1.51. The lowest BCUT2D eigenvalue weighted by molar-refractivity contribution is 0.295. The molecular formula is C16H23NS. The summed E-state index contributed by atoms with van der Waals surface area (Å²) in [6.45, 7) is 5.99. The summed E-state index contributed by atoms with van der Waals surface area (Å²) in [7, 11) is 0. The van der Waals surface area contributed by atoms with Crippen molar-refractivity contribution in [1.82, 2.24) is 5.32 Å². The molecule has 1 atom stereocenters. The van der Waals surface area contributed by atoms with E-state index in [0.717, 1.165) is 12.0 Å². The highest BCUT2D eigenvalue weighted by molar-refractivity contribution is 7.99. The number of rotatable bonds is 5. The average Bonchev–Trinajstić information content (AvgIpc) is 3.10. The van der Waals surface area contributed by atoms with Crippen LogP contribution in [0.15, 0.2) is 29.2 Å². The maximum atomic E-state index is 3.69. The predicted molar refractivity (Wildman–Crippen MR) is 79.3 cm³/mol. The smallest absolute Gasteiger partial charge is 0.0107 e. The third-order valence-electron chi connectivity index (χ3n) is 4.04. The van der Waals surface area contributed by atoms with Crippen LogP contribution in [0.3, 0.4) is 0 Å². The molecule has 0 bridgehead atoms. The Morgan fingerprint density at radius 2 is 2.06 bits per heavy atom. The van der Waals surface area contributed by atoms with Gasteiger partial charge in [-0.1, -0.05) is 32.0 Å². The maximum absolute atomic E-state index is 3.69. The van der Waals surface area contributed by atoms with E-state index in [-0.39, 0.29) is 0 Å². The molecule has 1 unspecified atom stereocenters. The summed E-state index contributed by atoms with van der Waals surface area (Å²) in [5, 5.41) is 3.69. The van der Waals surface area contributed by atoms with Crippen LogP contribution in [0.4, 0.5) is 0 Å². The zero-order chi connectivity index (χ0) is 12.6. The fraction of sp³-hybridized carbons (Fsp3) is 0.625. The van der Waals surface area contributed by atoms with Crippen LogP contribution in [0, 0.1) is 5.41 Å². The lowest BCUT2D eigenvalue weighted by atomic mass is 9.80. The van der Waals surface area contributed by atoms with Gasteiger partial charge in [0, 0.05) is 23.2 Å². The van der Waals surface area contributed by atoms with E-state index < -0.39 is 0 Å². The first-order valence-corrected chi connectivity index (χ1v) is 8.08. The maximum Gasteiger partial charge on any atom is 0.0107 e. The van der Waals surface area contributed by atoms with Crippen LogP contribution in [0.2, 0.25) is 0 Å². The predicted octanol–water partition coefficient (Wildman–Crippen LogP) is 4.04. The lowest BCUT2D eigenvalue weighted by Crippen LogP contribution is -2.32.